The van der Waals surface area contributed by atoms with Gasteiger partial charge in [0.2, 0.25) is 0 Å². The van der Waals surface area contributed by atoms with Crippen LogP contribution in [0.1, 0.15) is 6.92 Å². The molecule has 62 valence electrons. The van der Waals surface area contributed by atoms with E-state index in [0.29, 0.717) is 0 Å². The summed E-state index contributed by atoms with van der Waals surface area (Å²) in [5, 5.41) is 0.981. The molecule has 0 aromatic carbocycles. The van der Waals surface area contributed by atoms with Gasteiger partial charge in [-0.3, -0.25) is 4.99 Å². The Bertz CT molecular complexity index is 173. The van der Waals surface area contributed by atoms with Crippen LogP contribution in [0.5, 0.6) is 0 Å². The van der Waals surface area contributed by atoms with Gasteiger partial charge in [-0.25, -0.2) is 0 Å². The van der Waals surface area contributed by atoms with Crippen LogP contribution in [0.2, 0.25) is 0 Å². The number of aliphatic imine (C=N–C) groups is 1. The fourth-order valence-electron chi connectivity index (χ4n) is 0.589. The number of thioether (sulfide) groups is 2. The van der Waals surface area contributed by atoms with Gasteiger partial charge in [0.05, 0.1) is 0 Å². The highest BCUT2D eigenvalue weighted by molar-refractivity contribution is 8.06. The number of hydrogen-bond donors (Lipinski definition) is 0. The quantitative estimate of drug-likeness (QED) is 0.484. The van der Waals surface area contributed by atoms with Gasteiger partial charge >= 0.3 is 0 Å². The fourth-order valence-corrected chi connectivity index (χ4v) is 2.01. The molecule has 0 N–H and O–H groups in total. The highest BCUT2D eigenvalue weighted by atomic mass is 32.2. The molecule has 0 bridgehead atoms. The maximum absolute atomic E-state index is 3.92. The zero-order valence-corrected chi connectivity index (χ0v) is 8.60. The molecule has 0 aliphatic heterocycles. The lowest BCUT2D eigenvalue weighted by Gasteiger charge is -2.02. The topological polar surface area (TPSA) is 12.4 Å². The lowest BCUT2D eigenvalue weighted by atomic mass is 10.6. The molecule has 0 amide bonds. The van der Waals surface area contributed by atoms with E-state index in [1.807, 2.05) is 12.3 Å². The Morgan fingerprint density at radius 1 is 1.64 bits per heavy atom. The zero-order chi connectivity index (χ0) is 8.69. The predicted molar refractivity (Wildman–Crippen MR) is 58.4 cm³/mol. The number of hydrogen-bond acceptors (Lipinski definition) is 3. The van der Waals surface area contributed by atoms with Crippen molar-refractivity contribution in [2.75, 3.05) is 12.0 Å². The summed E-state index contributed by atoms with van der Waals surface area (Å²) >= 11 is 3.34. The summed E-state index contributed by atoms with van der Waals surface area (Å²) in [6, 6.07) is 0. The van der Waals surface area contributed by atoms with Crippen molar-refractivity contribution in [2.45, 2.75) is 6.92 Å². The van der Waals surface area contributed by atoms with Crippen molar-refractivity contribution in [1.29, 1.82) is 0 Å². The fraction of sp³-hybridized carbons (Fsp3) is 0.375. The first-order chi connectivity index (χ1) is 5.29. The number of nitrogens with zero attached hydrogens (tertiary/aromatic N) is 1. The van der Waals surface area contributed by atoms with Crippen molar-refractivity contribution in [3.8, 4) is 0 Å². The predicted octanol–water partition coefficient (Wildman–Crippen LogP) is 3.16. The van der Waals surface area contributed by atoms with E-state index in [0.717, 1.165) is 15.7 Å². The molecule has 0 aliphatic rings. The summed E-state index contributed by atoms with van der Waals surface area (Å²) in [6.07, 6.45) is 3.83. The van der Waals surface area contributed by atoms with E-state index in [9.17, 15) is 0 Å². The molecule has 3 heteroatoms. The van der Waals surface area contributed by atoms with Crippen LogP contribution < -0.4 is 0 Å². The van der Waals surface area contributed by atoms with Crippen molar-refractivity contribution in [3.63, 3.8) is 0 Å². The zero-order valence-electron chi connectivity index (χ0n) is 6.96. The highest BCUT2D eigenvalue weighted by Gasteiger charge is 1.98. The molecule has 0 aromatic rings. The number of allylic oxidation sites excluding steroid dienone is 1. The van der Waals surface area contributed by atoms with Crippen LogP contribution >= 0.6 is 23.5 Å². The Labute approximate surface area is 77.1 Å². The van der Waals surface area contributed by atoms with Crippen molar-refractivity contribution < 1.29 is 0 Å². The summed E-state index contributed by atoms with van der Waals surface area (Å²) in [5.74, 6) is 1.02. The average molecular weight is 187 g/mol. The van der Waals surface area contributed by atoms with Crippen molar-refractivity contribution in [1.82, 2.24) is 0 Å². The first-order valence-corrected chi connectivity index (χ1v) is 5.51. The molecular formula is C8H13NS2. The number of rotatable bonds is 5. The van der Waals surface area contributed by atoms with E-state index in [-0.39, 0.29) is 0 Å². The van der Waals surface area contributed by atoms with Gasteiger partial charge in [-0.2, -0.15) is 0 Å². The Morgan fingerprint density at radius 3 is 2.55 bits per heavy atom. The summed E-state index contributed by atoms with van der Waals surface area (Å²) in [5.41, 5.74) is 0. The highest BCUT2D eigenvalue weighted by Crippen LogP contribution is 2.27. The summed E-state index contributed by atoms with van der Waals surface area (Å²) in [6.45, 7) is 9.30. The van der Waals surface area contributed by atoms with Crippen LogP contribution in [0, 0.1) is 0 Å². The van der Waals surface area contributed by atoms with Gasteiger partial charge in [0.15, 0.2) is 0 Å². The summed E-state index contributed by atoms with van der Waals surface area (Å²) in [4.78, 5) is 5.02. The molecule has 0 radical (unpaired) electrons. The van der Waals surface area contributed by atoms with Gasteiger partial charge in [-0.05, 0) is 18.7 Å². The summed E-state index contributed by atoms with van der Waals surface area (Å²) < 4.78 is 0. The van der Waals surface area contributed by atoms with E-state index in [4.69, 9.17) is 0 Å². The van der Waals surface area contributed by atoms with Gasteiger partial charge in [0.25, 0.3) is 0 Å². The van der Waals surface area contributed by atoms with Crippen molar-refractivity contribution >= 4 is 30.2 Å². The molecule has 0 spiro atoms. The Morgan fingerprint density at radius 2 is 2.27 bits per heavy atom. The third-order valence-electron chi connectivity index (χ3n) is 1.04. The Kier molecular flexibility index (Phi) is 6.46. The van der Waals surface area contributed by atoms with E-state index >= 15 is 0 Å². The van der Waals surface area contributed by atoms with Crippen LogP contribution in [-0.2, 0) is 0 Å². The SMILES string of the molecule is C=C/C(SC)=C(\N=C)SCC. The van der Waals surface area contributed by atoms with Crippen LogP contribution in [0.3, 0.4) is 0 Å². The lowest BCUT2D eigenvalue weighted by Crippen LogP contribution is -1.78. The largest absolute Gasteiger partial charge is 0.257 e. The lowest BCUT2D eigenvalue weighted by molar-refractivity contribution is 1.49. The van der Waals surface area contributed by atoms with E-state index in [1.54, 1.807) is 23.5 Å². The second kappa shape index (κ2) is 6.55. The molecule has 0 aliphatic carbocycles. The smallest absolute Gasteiger partial charge is 0.109 e. The van der Waals surface area contributed by atoms with E-state index in [2.05, 4.69) is 25.2 Å². The third kappa shape index (κ3) is 3.68. The van der Waals surface area contributed by atoms with Crippen molar-refractivity contribution in [3.05, 3.63) is 22.6 Å². The molecule has 11 heavy (non-hydrogen) atoms. The van der Waals surface area contributed by atoms with E-state index < -0.39 is 0 Å². The van der Waals surface area contributed by atoms with Gasteiger partial charge < -0.3 is 0 Å². The second-order valence-electron chi connectivity index (χ2n) is 1.67. The second-order valence-corrected chi connectivity index (χ2v) is 3.77. The van der Waals surface area contributed by atoms with Crippen LogP contribution in [0.25, 0.3) is 0 Å². The molecule has 0 aromatic heterocycles. The monoisotopic (exact) mass is 187 g/mol. The van der Waals surface area contributed by atoms with E-state index in [1.165, 1.54) is 0 Å². The maximum Gasteiger partial charge on any atom is 0.109 e. The average Bonchev–Trinajstić information content (AvgIpc) is 2.05. The molecule has 0 saturated carbocycles. The molecule has 0 fully saturated rings. The minimum atomic E-state index is 0.981. The van der Waals surface area contributed by atoms with Gasteiger partial charge in [-0.1, -0.05) is 19.6 Å². The van der Waals surface area contributed by atoms with Crippen LogP contribution in [0.15, 0.2) is 27.6 Å². The van der Waals surface area contributed by atoms with Gasteiger partial charge in [-0.15, -0.1) is 23.5 Å². The molecule has 0 heterocycles. The molecule has 0 saturated heterocycles. The van der Waals surface area contributed by atoms with Crippen LogP contribution in [-0.4, -0.2) is 18.7 Å². The normalized spacial score (nSPS) is 12.2. The van der Waals surface area contributed by atoms with Crippen molar-refractivity contribution in [2.24, 2.45) is 4.99 Å². The maximum atomic E-state index is 3.92. The Hall–Kier alpha value is -0.150. The third-order valence-corrected chi connectivity index (χ3v) is 2.88. The minimum Gasteiger partial charge on any atom is -0.257 e. The molecule has 0 unspecified atom stereocenters. The van der Waals surface area contributed by atoms with Crippen LogP contribution in [0.4, 0.5) is 0 Å². The first kappa shape index (κ1) is 10.8. The van der Waals surface area contributed by atoms with Gasteiger partial charge in [0, 0.05) is 4.91 Å². The molecule has 0 atom stereocenters. The molecule has 1 nitrogen and oxygen atoms in total. The summed E-state index contributed by atoms with van der Waals surface area (Å²) in [7, 11) is 0. The minimum absolute atomic E-state index is 0.981. The standard InChI is InChI=1S/C8H13NS2/c1-5-7(10-4)8(9-3)11-6-2/h5H,1,3,6H2,2,4H3/b8-7-. The molecule has 0 rings (SSSR count). The molecular weight excluding hydrogens is 174 g/mol. The first-order valence-electron chi connectivity index (χ1n) is 3.30. The van der Waals surface area contributed by atoms with Gasteiger partial charge in [0.1, 0.15) is 5.03 Å². The Balaban J connectivity index is 4.46.